The number of imide groups is 1. The molecular weight excluding hydrogens is 853 g/mol. The van der Waals surface area contributed by atoms with Crippen molar-refractivity contribution in [2.45, 2.75) is 75.5 Å². The molecule has 0 aliphatic carbocycles. The Labute approximate surface area is 368 Å². The Morgan fingerprint density at radius 1 is 1.05 bits per heavy atom. The van der Waals surface area contributed by atoms with Gasteiger partial charge in [-0.3, -0.25) is 38.7 Å². The minimum absolute atomic E-state index is 0.00504. The van der Waals surface area contributed by atoms with E-state index in [1.165, 1.54) is 42.2 Å². The first-order valence-electron chi connectivity index (χ1n) is 21.3. The van der Waals surface area contributed by atoms with E-state index >= 15 is 8.78 Å². The molecule has 0 bridgehead atoms. The summed E-state index contributed by atoms with van der Waals surface area (Å²) in [6, 6.07) is 12.3. The number of fused-ring (bicyclic) bond motifs is 1. The lowest BCUT2D eigenvalue weighted by molar-refractivity contribution is -0.137. The standard InChI is InChI=1S/C44H49F2N9O8S/c1-3-52(2)64(60,61)51-37-9-7-34(45)41(33(37)23-47)63-30-5-8-36-32(21-30)43(59)55(26-48-36)29-22-44(62-25-29)14-18-54(19-15-44)40(57)24-53-16-12-27(13-17-53)31-6-4-28(20-35(31)46)49-38-10-11-39(56)50-42(38)58/h4-9,20-21,26-27,29,38,49,51H,3,10-19,22,24-25H2,1-2H3,(H,50,56,58)/t29-,38+/m1/s1. The number of carbonyl (C=O) groups excluding carboxylic acids is 3. The maximum Gasteiger partial charge on any atom is 0.301 e. The van der Waals surface area contributed by atoms with Crippen molar-refractivity contribution in [1.29, 1.82) is 5.26 Å². The number of hydrogen-bond acceptors (Lipinski definition) is 12. The van der Waals surface area contributed by atoms with Gasteiger partial charge in [0, 0.05) is 38.8 Å². The molecule has 8 rings (SSSR count). The Bertz CT molecular complexity index is 2700. The van der Waals surface area contributed by atoms with Gasteiger partial charge in [0.15, 0.2) is 11.6 Å². The van der Waals surface area contributed by atoms with E-state index in [1.54, 1.807) is 19.1 Å². The zero-order chi connectivity index (χ0) is 45.3. The number of hydrogen-bond donors (Lipinski definition) is 3. The number of ether oxygens (including phenoxy) is 2. The monoisotopic (exact) mass is 901 g/mol. The molecule has 0 saturated carbocycles. The maximum atomic E-state index is 15.3. The second-order valence-electron chi connectivity index (χ2n) is 16.8. The van der Waals surface area contributed by atoms with Crippen LogP contribution in [0.15, 0.2) is 59.7 Å². The number of halogens is 2. The van der Waals surface area contributed by atoms with Crippen LogP contribution < -0.4 is 25.7 Å². The van der Waals surface area contributed by atoms with E-state index in [1.807, 2.05) is 11.0 Å². The molecule has 1 spiro atoms. The number of aromatic nitrogens is 2. The van der Waals surface area contributed by atoms with Crippen molar-refractivity contribution < 1.29 is 41.1 Å². The molecule has 0 radical (unpaired) electrons. The molecule has 4 fully saturated rings. The van der Waals surface area contributed by atoms with Gasteiger partial charge in [-0.1, -0.05) is 13.0 Å². The minimum atomic E-state index is -4.03. The smallest absolute Gasteiger partial charge is 0.301 e. The summed E-state index contributed by atoms with van der Waals surface area (Å²) in [6.45, 7) is 4.59. The number of anilines is 2. The third-order valence-electron chi connectivity index (χ3n) is 12.9. The van der Waals surface area contributed by atoms with Gasteiger partial charge in [-0.25, -0.2) is 13.8 Å². The lowest BCUT2D eigenvalue weighted by Gasteiger charge is -2.40. The fourth-order valence-electron chi connectivity index (χ4n) is 8.98. The van der Waals surface area contributed by atoms with Gasteiger partial charge in [-0.2, -0.15) is 18.0 Å². The Morgan fingerprint density at radius 3 is 2.52 bits per heavy atom. The summed E-state index contributed by atoms with van der Waals surface area (Å²) >= 11 is 0. The summed E-state index contributed by atoms with van der Waals surface area (Å²) in [6.07, 6.45) is 5.15. The van der Waals surface area contributed by atoms with E-state index < -0.39 is 39.3 Å². The zero-order valence-electron chi connectivity index (χ0n) is 35.4. The van der Waals surface area contributed by atoms with Crippen LogP contribution >= 0.6 is 0 Å². The summed E-state index contributed by atoms with van der Waals surface area (Å²) in [5.74, 6) is -2.46. The first-order valence-corrected chi connectivity index (χ1v) is 22.8. The van der Waals surface area contributed by atoms with Crippen molar-refractivity contribution >= 4 is 50.2 Å². The number of amides is 3. The molecular formula is C44H49F2N9O8S. The van der Waals surface area contributed by atoms with E-state index in [2.05, 4.69) is 25.2 Å². The molecule has 64 heavy (non-hydrogen) atoms. The molecule has 1 aromatic heterocycles. The van der Waals surface area contributed by atoms with Crippen molar-refractivity contribution in [2.75, 3.05) is 63.0 Å². The van der Waals surface area contributed by atoms with Crippen LogP contribution in [-0.2, 0) is 29.3 Å². The van der Waals surface area contributed by atoms with E-state index in [0.717, 1.165) is 16.4 Å². The molecule has 5 heterocycles. The molecule has 3 aromatic carbocycles. The molecule has 17 nitrogen and oxygen atoms in total. The molecule has 4 aliphatic rings. The molecule has 4 aromatic rings. The Hall–Kier alpha value is -6.01. The third-order valence-corrected chi connectivity index (χ3v) is 14.4. The Morgan fingerprint density at radius 2 is 1.81 bits per heavy atom. The SMILES string of the molecule is CCN(C)S(=O)(=O)Nc1ccc(F)c(Oc2ccc3ncn([C@H]4COC5(CCN(C(=O)CN6CCC(c7ccc(N[C@H]8CCC(=O)NC8=O)cc7F)CC6)CC5)C4)c(=O)c3c2)c1C#N. The first-order chi connectivity index (χ1) is 30.7. The average molecular weight is 902 g/mol. The van der Waals surface area contributed by atoms with Crippen LogP contribution in [-0.4, -0.2) is 114 Å². The van der Waals surface area contributed by atoms with Gasteiger partial charge in [0.05, 0.1) is 47.7 Å². The first kappa shape index (κ1) is 44.6. The lowest BCUT2D eigenvalue weighted by Crippen LogP contribution is -2.50. The Balaban J connectivity index is 0.847. The Kier molecular flexibility index (Phi) is 12.7. The van der Waals surface area contributed by atoms with Gasteiger partial charge in [-0.15, -0.1) is 0 Å². The number of carbonyl (C=O) groups is 3. The van der Waals surface area contributed by atoms with Crippen molar-refractivity contribution in [3.63, 3.8) is 0 Å². The normalized spacial score (nSPS) is 20.7. The summed E-state index contributed by atoms with van der Waals surface area (Å²) in [4.78, 5) is 59.4. The minimum Gasteiger partial charge on any atom is -0.453 e. The highest BCUT2D eigenvalue weighted by Gasteiger charge is 2.44. The lowest BCUT2D eigenvalue weighted by atomic mass is 9.87. The van der Waals surface area contributed by atoms with E-state index in [0.29, 0.717) is 81.5 Å². The largest absolute Gasteiger partial charge is 0.453 e. The van der Waals surface area contributed by atoms with E-state index in [9.17, 15) is 32.9 Å². The average Bonchev–Trinajstić information content (AvgIpc) is 3.68. The van der Waals surface area contributed by atoms with Gasteiger partial charge in [0.2, 0.25) is 17.7 Å². The fourth-order valence-corrected chi connectivity index (χ4v) is 9.92. The number of nitrogens with one attached hydrogen (secondary N) is 3. The van der Waals surface area contributed by atoms with Gasteiger partial charge in [0.1, 0.15) is 29.2 Å². The van der Waals surface area contributed by atoms with Crippen molar-refractivity contribution in [1.82, 2.24) is 29.0 Å². The maximum absolute atomic E-state index is 15.3. The fraction of sp³-hybridized carbons (Fsp3) is 0.455. The second kappa shape index (κ2) is 18.2. The summed E-state index contributed by atoms with van der Waals surface area (Å²) < 4.78 is 72.7. The number of nitrogens with zero attached hydrogens (tertiary/aromatic N) is 6. The van der Waals surface area contributed by atoms with Crippen LogP contribution in [0.25, 0.3) is 10.9 Å². The van der Waals surface area contributed by atoms with Crippen LogP contribution in [0, 0.1) is 23.0 Å². The highest BCUT2D eigenvalue weighted by atomic mass is 32.2. The van der Waals surface area contributed by atoms with Crippen LogP contribution in [0.3, 0.4) is 0 Å². The third kappa shape index (κ3) is 9.29. The van der Waals surface area contributed by atoms with Gasteiger partial charge in [-0.05, 0) is 106 Å². The second-order valence-corrected chi connectivity index (χ2v) is 18.6. The summed E-state index contributed by atoms with van der Waals surface area (Å²) in [5.41, 5.74) is 0.000439. The predicted octanol–water partition coefficient (Wildman–Crippen LogP) is 4.37. The highest BCUT2D eigenvalue weighted by Crippen LogP contribution is 2.41. The molecule has 3 N–H and O–H groups in total. The van der Waals surface area contributed by atoms with Crippen molar-refractivity contribution in [2.24, 2.45) is 0 Å². The molecule has 20 heteroatoms. The van der Waals surface area contributed by atoms with Crippen LogP contribution in [0.2, 0.25) is 0 Å². The zero-order valence-corrected chi connectivity index (χ0v) is 36.3. The number of nitriles is 1. The summed E-state index contributed by atoms with van der Waals surface area (Å²) in [7, 11) is -2.68. The van der Waals surface area contributed by atoms with E-state index in [4.69, 9.17) is 9.47 Å². The molecule has 338 valence electrons. The number of benzene rings is 3. The molecule has 2 atom stereocenters. The van der Waals surface area contributed by atoms with Gasteiger partial charge < -0.3 is 19.7 Å². The molecule has 0 unspecified atom stereocenters. The van der Waals surface area contributed by atoms with Crippen LogP contribution in [0.1, 0.15) is 75.0 Å². The number of rotatable bonds is 12. The number of likely N-dealkylation sites (tertiary alicyclic amines) is 2. The number of piperidine rings is 3. The van der Waals surface area contributed by atoms with Crippen molar-refractivity contribution in [3.05, 3.63) is 88.0 Å². The van der Waals surface area contributed by atoms with Crippen LogP contribution in [0.5, 0.6) is 11.5 Å². The summed E-state index contributed by atoms with van der Waals surface area (Å²) in [5, 5.41) is 15.4. The highest BCUT2D eigenvalue weighted by molar-refractivity contribution is 7.90. The van der Waals surface area contributed by atoms with Crippen LogP contribution in [0.4, 0.5) is 20.2 Å². The predicted molar refractivity (Wildman–Crippen MR) is 231 cm³/mol. The topological polar surface area (TPSA) is 208 Å². The van der Waals surface area contributed by atoms with Crippen molar-refractivity contribution in [3.8, 4) is 17.6 Å². The van der Waals surface area contributed by atoms with Gasteiger partial charge >= 0.3 is 10.2 Å². The molecule has 4 aliphatic heterocycles. The van der Waals surface area contributed by atoms with E-state index in [-0.39, 0.29) is 83.7 Å². The quantitative estimate of drug-likeness (QED) is 0.170. The van der Waals surface area contributed by atoms with Gasteiger partial charge in [0.25, 0.3) is 5.56 Å². The molecule has 4 saturated heterocycles. The molecule has 3 amide bonds.